The zero-order chi connectivity index (χ0) is 13.6. The van der Waals surface area contributed by atoms with Crippen molar-refractivity contribution >= 4 is 0 Å². The van der Waals surface area contributed by atoms with Crippen LogP contribution in [0.15, 0.2) is 35.1 Å². The lowest BCUT2D eigenvalue weighted by Crippen LogP contribution is -2.32. The minimum Gasteiger partial charge on any atom is -0.482 e. The van der Waals surface area contributed by atoms with Gasteiger partial charge in [0.1, 0.15) is 11.4 Å². The third-order valence-electron chi connectivity index (χ3n) is 3.51. The van der Waals surface area contributed by atoms with Crippen LogP contribution >= 0.6 is 0 Å². The van der Waals surface area contributed by atoms with Crippen LogP contribution in [0.5, 0.6) is 5.75 Å². The molecule has 0 radical (unpaired) electrons. The van der Waals surface area contributed by atoms with Crippen LogP contribution in [0.1, 0.15) is 25.0 Å². The Kier molecular flexibility index (Phi) is 2.50. The number of aromatic amines is 1. The number of benzene rings is 1. The van der Waals surface area contributed by atoms with Crippen molar-refractivity contribution in [3.05, 3.63) is 51.8 Å². The molecule has 4 heteroatoms. The molecule has 3 N–H and O–H groups in total. The van der Waals surface area contributed by atoms with Crippen molar-refractivity contribution in [3.63, 3.8) is 0 Å². The van der Waals surface area contributed by atoms with E-state index in [2.05, 4.69) is 4.98 Å². The number of aromatic nitrogens is 1. The van der Waals surface area contributed by atoms with Crippen LogP contribution in [0.4, 0.5) is 0 Å². The van der Waals surface area contributed by atoms with Crippen LogP contribution in [0.25, 0.3) is 11.3 Å². The highest BCUT2D eigenvalue weighted by Crippen LogP contribution is 2.43. The second-order valence-corrected chi connectivity index (χ2v) is 5.23. The average molecular weight is 256 g/mol. The molecule has 1 aromatic carbocycles. The Labute approximate surface area is 111 Å². The Bertz CT molecular complexity index is 702. The number of pyridine rings is 1. The van der Waals surface area contributed by atoms with Gasteiger partial charge in [0.05, 0.1) is 5.69 Å². The second kappa shape index (κ2) is 3.96. The van der Waals surface area contributed by atoms with Gasteiger partial charge in [-0.3, -0.25) is 4.79 Å². The SMILES string of the molecule is CC1(C)Oc2ccccc2-c2[nH]c(=O)c(CN)cc21. The molecule has 98 valence electrons. The van der Waals surface area contributed by atoms with Gasteiger partial charge in [-0.05, 0) is 32.0 Å². The van der Waals surface area contributed by atoms with Crippen molar-refractivity contribution in [1.82, 2.24) is 4.98 Å². The molecule has 1 aliphatic heterocycles. The predicted molar refractivity (Wildman–Crippen MR) is 74.0 cm³/mol. The lowest BCUT2D eigenvalue weighted by Gasteiger charge is -2.34. The third-order valence-corrected chi connectivity index (χ3v) is 3.51. The normalized spacial score (nSPS) is 15.3. The van der Waals surface area contributed by atoms with Gasteiger partial charge >= 0.3 is 0 Å². The quantitative estimate of drug-likeness (QED) is 0.821. The van der Waals surface area contributed by atoms with Crippen molar-refractivity contribution < 1.29 is 4.74 Å². The number of H-pyrrole nitrogens is 1. The highest BCUT2D eigenvalue weighted by atomic mass is 16.5. The molecule has 4 nitrogen and oxygen atoms in total. The molecule has 0 atom stereocenters. The van der Waals surface area contributed by atoms with E-state index in [1.807, 2.05) is 44.2 Å². The average Bonchev–Trinajstić information content (AvgIpc) is 2.37. The number of nitrogens with one attached hydrogen (secondary N) is 1. The maximum atomic E-state index is 12.0. The van der Waals surface area contributed by atoms with E-state index < -0.39 is 5.60 Å². The second-order valence-electron chi connectivity index (χ2n) is 5.23. The molecule has 0 saturated carbocycles. The number of ether oxygens (including phenoxy) is 1. The molecular formula is C15H16N2O2. The molecule has 0 bridgehead atoms. The molecule has 3 rings (SSSR count). The summed E-state index contributed by atoms with van der Waals surface area (Å²) in [5, 5.41) is 0. The summed E-state index contributed by atoms with van der Waals surface area (Å²) >= 11 is 0. The van der Waals surface area contributed by atoms with Gasteiger partial charge in [0.25, 0.3) is 5.56 Å². The third kappa shape index (κ3) is 1.76. The maximum absolute atomic E-state index is 12.0. The van der Waals surface area contributed by atoms with Gasteiger partial charge in [-0.2, -0.15) is 0 Å². The van der Waals surface area contributed by atoms with Gasteiger partial charge in [0.2, 0.25) is 0 Å². The molecular weight excluding hydrogens is 240 g/mol. The predicted octanol–water partition coefficient (Wildman–Crippen LogP) is 2.13. The summed E-state index contributed by atoms with van der Waals surface area (Å²) in [5.74, 6) is 0.788. The van der Waals surface area contributed by atoms with Gasteiger partial charge in [0, 0.05) is 23.2 Å². The first-order valence-corrected chi connectivity index (χ1v) is 6.28. The van der Waals surface area contributed by atoms with Crippen molar-refractivity contribution in [2.45, 2.75) is 26.0 Å². The van der Waals surface area contributed by atoms with Crippen LogP contribution in [-0.2, 0) is 12.1 Å². The van der Waals surface area contributed by atoms with Gasteiger partial charge in [-0.15, -0.1) is 0 Å². The molecule has 0 spiro atoms. The number of fused-ring (bicyclic) bond motifs is 3. The lowest BCUT2D eigenvalue weighted by molar-refractivity contribution is 0.105. The molecule has 19 heavy (non-hydrogen) atoms. The standard InChI is InChI=1S/C15H16N2O2/c1-15(2)11-7-9(8-16)14(18)17-13(11)10-5-3-4-6-12(10)19-15/h3-7H,8,16H2,1-2H3,(H,17,18). The number of hydrogen-bond acceptors (Lipinski definition) is 3. The minimum absolute atomic E-state index is 0.131. The van der Waals surface area contributed by atoms with Crippen molar-refractivity contribution in [2.24, 2.45) is 5.73 Å². The highest BCUT2D eigenvalue weighted by Gasteiger charge is 2.33. The molecule has 2 aromatic rings. The zero-order valence-corrected chi connectivity index (χ0v) is 11.0. The van der Waals surface area contributed by atoms with E-state index in [1.165, 1.54) is 0 Å². The van der Waals surface area contributed by atoms with Crippen LogP contribution in [-0.4, -0.2) is 4.98 Å². The lowest BCUT2D eigenvalue weighted by atomic mass is 9.89. The van der Waals surface area contributed by atoms with Crippen molar-refractivity contribution in [2.75, 3.05) is 0 Å². The van der Waals surface area contributed by atoms with Crippen LogP contribution in [0.3, 0.4) is 0 Å². The molecule has 0 aliphatic carbocycles. The summed E-state index contributed by atoms with van der Waals surface area (Å²) in [5.41, 5.74) is 8.27. The Morgan fingerprint density at radius 3 is 2.79 bits per heavy atom. The largest absolute Gasteiger partial charge is 0.482 e. The van der Waals surface area contributed by atoms with Crippen LogP contribution in [0, 0.1) is 0 Å². The van der Waals surface area contributed by atoms with E-state index in [-0.39, 0.29) is 12.1 Å². The number of hydrogen-bond donors (Lipinski definition) is 2. The smallest absolute Gasteiger partial charge is 0.252 e. The van der Waals surface area contributed by atoms with Crippen molar-refractivity contribution in [1.29, 1.82) is 0 Å². The minimum atomic E-state index is -0.488. The molecule has 0 fully saturated rings. The zero-order valence-electron chi connectivity index (χ0n) is 11.0. The number of nitrogens with two attached hydrogens (primary N) is 1. The fraction of sp³-hybridized carbons (Fsp3) is 0.267. The van der Waals surface area contributed by atoms with Crippen LogP contribution < -0.4 is 16.0 Å². The van der Waals surface area contributed by atoms with E-state index in [4.69, 9.17) is 10.5 Å². The molecule has 2 heterocycles. The van der Waals surface area contributed by atoms with Gasteiger partial charge in [-0.1, -0.05) is 12.1 Å². The van der Waals surface area contributed by atoms with E-state index in [0.717, 1.165) is 22.6 Å². The fourth-order valence-electron chi connectivity index (χ4n) is 2.50. The van der Waals surface area contributed by atoms with Gasteiger partial charge in [-0.25, -0.2) is 0 Å². The number of para-hydroxylation sites is 1. The molecule has 0 saturated heterocycles. The van der Waals surface area contributed by atoms with E-state index in [9.17, 15) is 4.79 Å². The van der Waals surface area contributed by atoms with Crippen LogP contribution in [0.2, 0.25) is 0 Å². The molecule has 1 aromatic heterocycles. The first-order valence-electron chi connectivity index (χ1n) is 6.28. The fourth-order valence-corrected chi connectivity index (χ4v) is 2.50. The van der Waals surface area contributed by atoms with Gasteiger partial charge in [0.15, 0.2) is 0 Å². The summed E-state index contributed by atoms with van der Waals surface area (Å²) in [6.45, 7) is 4.20. The highest BCUT2D eigenvalue weighted by molar-refractivity contribution is 5.73. The summed E-state index contributed by atoms with van der Waals surface area (Å²) in [6.07, 6.45) is 0. The van der Waals surface area contributed by atoms with Gasteiger partial charge < -0.3 is 15.5 Å². The first-order chi connectivity index (χ1) is 9.03. The van der Waals surface area contributed by atoms with Crippen molar-refractivity contribution in [3.8, 4) is 17.0 Å². The topological polar surface area (TPSA) is 68.1 Å². The Morgan fingerprint density at radius 2 is 2.05 bits per heavy atom. The molecule has 0 amide bonds. The monoisotopic (exact) mass is 256 g/mol. The Balaban J connectivity index is 2.35. The summed E-state index contributed by atoms with van der Waals surface area (Å²) in [6, 6.07) is 9.56. The maximum Gasteiger partial charge on any atom is 0.252 e. The summed E-state index contributed by atoms with van der Waals surface area (Å²) in [4.78, 5) is 14.9. The Hall–Kier alpha value is -2.07. The van der Waals surface area contributed by atoms with E-state index >= 15 is 0 Å². The Morgan fingerprint density at radius 1 is 1.32 bits per heavy atom. The first kappa shape index (κ1) is 12.0. The number of rotatable bonds is 1. The molecule has 1 aliphatic rings. The van der Waals surface area contributed by atoms with E-state index in [0.29, 0.717) is 5.56 Å². The summed E-state index contributed by atoms with van der Waals surface area (Å²) < 4.78 is 6.02. The summed E-state index contributed by atoms with van der Waals surface area (Å²) in [7, 11) is 0. The van der Waals surface area contributed by atoms with E-state index in [1.54, 1.807) is 0 Å². The molecule has 0 unspecified atom stereocenters.